The average molecular weight is 236 g/mol. The Morgan fingerprint density at radius 2 is 2.18 bits per heavy atom. The number of esters is 1. The third-order valence-corrected chi connectivity index (χ3v) is 2.50. The number of hydrogen-bond donors (Lipinski definition) is 1. The van der Waals surface area contributed by atoms with Crippen LogP contribution in [0, 0.1) is 0 Å². The summed E-state index contributed by atoms with van der Waals surface area (Å²) in [6, 6.07) is 4.99. The molecule has 1 aliphatic heterocycles. The molecule has 5 heteroatoms. The number of hydrogen-bond acceptors (Lipinski definition) is 5. The number of ether oxygens (including phenoxy) is 3. The zero-order chi connectivity index (χ0) is 12.4. The fraction of sp³-hybridized carbons (Fsp3) is 0.250. The van der Waals surface area contributed by atoms with Crippen LogP contribution in [0.1, 0.15) is 5.56 Å². The Hall–Kier alpha value is -2.17. The molecule has 0 radical (unpaired) electrons. The van der Waals surface area contributed by atoms with E-state index in [1.807, 2.05) is 0 Å². The van der Waals surface area contributed by atoms with Crippen LogP contribution in [-0.4, -0.2) is 31.9 Å². The molecule has 1 aromatic rings. The van der Waals surface area contributed by atoms with Gasteiger partial charge in [0.2, 0.25) is 0 Å². The number of methoxy groups -OCH3 is 2. The van der Waals surface area contributed by atoms with Crippen molar-refractivity contribution in [1.29, 1.82) is 0 Å². The highest BCUT2D eigenvalue weighted by Crippen LogP contribution is 2.35. The van der Waals surface area contributed by atoms with Crippen molar-refractivity contribution in [1.82, 2.24) is 0 Å². The third kappa shape index (κ3) is 1.91. The highest BCUT2D eigenvalue weighted by molar-refractivity contribution is 6.18. The Bertz CT molecular complexity index is 490. The minimum absolute atomic E-state index is 0.0510. The molecule has 5 nitrogen and oxygen atoms in total. The molecule has 17 heavy (non-hydrogen) atoms. The van der Waals surface area contributed by atoms with Gasteiger partial charge in [-0.25, -0.2) is 4.79 Å². The number of carbonyl (C=O) groups excluding carboxylic acids is 1. The molecule has 1 N–H and O–H groups in total. The summed E-state index contributed by atoms with van der Waals surface area (Å²) in [7, 11) is 2.81. The van der Waals surface area contributed by atoms with E-state index in [1.54, 1.807) is 25.3 Å². The van der Waals surface area contributed by atoms with Gasteiger partial charge in [0, 0.05) is 11.6 Å². The molecule has 0 unspecified atom stereocenters. The molecule has 0 saturated heterocycles. The summed E-state index contributed by atoms with van der Waals surface area (Å²) < 4.78 is 15.0. The summed E-state index contributed by atoms with van der Waals surface area (Å²) in [6.07, 6.45) is 0. The van der Waals surface area contributed by atoms with Gasteiger partial charge in [-0.15, -0.1) is 0 Å². The summed E-state index contributed by atoms with van der Waals surface area (Å²) in [5, 5.41) is 9.67. The lowest BCUT2D eigenvalue weighted by Gasteiger charge is -2.20. The fourth-order valence-electron chi connectivity index (χ4n) is 1.66. The molecule has 0 spiro atoms. The first-order chi connectivity index (χ1) is 8.17. The van der Waals surface area contributed by atoms with Crippen molar-refractivity contribution in [2.75, 3.05) is 20.8 Å². The lowest BCUT2D eigenvalue weighted by Crippen LogP contribution is -2.17. The smallest absolute Gasteiger partial charge is 0.342 e. The summed E-state index contributed by atoms with van der Waals surface area (Å²) in [5.74, 6) is 0.392. The molecule has 0 saturated carbocycles. The maximum atomic E-state index is 11.6. The van der Waals surface area contributed by atoms with Crippen LogP contribution in [0.4, 0.5) is 0 Å². The minimum Gasteiger partial charge on any atom is -0.508 e. The van der Waals surface area contributed by atoms with Gasteiger partial charge < -0.3 is 19.3 Å². The molecule has 0 fully saturated rings. The van der Waals surface area contributed by atoms with Gasteiger partial charge in [0.25, 0.3) is 0 Å². The summed E-state index contributed by atoms with van der Waals surface area (Å²) in [4.78, 5) is 11.6. The number of rotatable bonds is 2. The van der Waals surface area contributed by atoms with Crippen LogP contribution < -0.4 is 9.47 Å². The van der Waals surface area contributed by atoms with Gasteiger partial charge in [-0.2, -0.15) is 0 Å². The number of carbonyl (C=O) groups is 1. The maximum Gasteiger partial charge on any atom is 0.342 e. The van der Waals surface area contributed by atoms with E-state index in [4.69, 9.17) is 9.47 Å². The summed E-state index contributed by atoms with van der Waals surface area (Å²) >= 11 is 0. The largest absolute Gasteiger partial charge is 0.508 e. The van der Waals surface area contributed by atoms with E-state index in [2.05, 4.69) is 4.74 Å². The Kier molecular flexibility index (Phi) is 2.91. The number of fused-ring (bicyclic) bond motifs is 1. The molecule has 1 heterocycles. The molecular weight excluding hydrogens is 224 g/mol. The topological polar surface area (TPSA) is 65.0 Å². The van der Waals surface area contributed by atoms with Crippen LogP contribution in [-0.2, 0) is 9.53 Å². The first-order valence-corrected chi connectivity index (χ1v) is 4.99. The van der Waals surface area contributed by atoms with E-state index in [1.165, 1.54) is 7.11 Å². The zero-order valence-corrected chi connectivity index (χ0v) is 9.52. The average Bonchev–Trinajstić information content (AvgIpc) is 2.37. The predicted molar refractivity (Wildman–Crippen MR) is 60.1 cm³/mol. The van der Waals surface area contributed by atoms with E-state index < -0.39 is 5.97 Å². The van der Waals surface area contributed by atoms with E-state index >= 15 is 0 Å². The van der Waals surface area contributed by atoms with Crippen molar-refractivity contribution in [3.05, 3.63) is 29.5 Å². The second kappa shape index (κ2) is 4.37. The lowest BCUT2D eigenvalue weighted by molar-refractivity contribution is -0.133. The summed E-state index contributed by atoms with van der Waals surface area (Å²) in [6.45, 7) is -0.0510. The quantitative estimate of drug-likeness (QED) is 0.789. The second-order valence-electron chi connectivity index (χ2n) is 3.46. The highest BCUT2D eigenvalue weighted by Gasteiger charge is 2.26. The molecule has 1 aromatic carbocycles. The minimum atomic E-state index is -0.586. The van der Waals surface area contributed by atoms with E-state index in [9.17, 15) is 9.90 Å². The maximum absolute atomic E-state index is 11.6. The standard InChI is InChI=1S/C12H12O5/c1-15-7-3-4-8-10(5-7)17-6-9(13)11(8)12(14)16-2/h3-5,13H,6H2,1-2H3. The zero-order valence-electron chi connectivity index (χ0n) is 9.52. The monoisotopic (exact) mass is 236 g/mol. The van der Waals surface area contributed by atoms with Gasteiger partial charge in [-0.3, -0.25) is 0 Å². The third-order valence-electron chi connectivity index (χ3n) is 2.50. The van der Waals surface area contributed by atoms with Crippen molar-refractivity contribution < 1.29 is 24.1 Å². The highest BCUT2D eigenvalue weighted by atomic mass is 16.5. The second-order valence-corrected chi connectivity index (χ2v) is 3.46. The molecule has 2 rings (SSSR count). The van der Waals surface area contributed by atoms with Gasteiger partial charge in [0.1, 0.15) is 29.4 Å². The van der Waals surface area contributed by atoms with Crippen molar-refractivity contribution in [3.8, 4) is 11.5 Å². The molecule has 0 aromatic heterocycles. The van der Waals surface area contributed by atoms with Crippen LogP contribution in [0.5, 0.6) is 11.5 Å². The normalized spacial score (nSPS) is 13.8. The Morgan fingerprint density at radius 3 is 2.82 bits per heavy atom. The Morgan fingerprint density at radius 1 is 1.41 bits per heavy atom. The molecule has 1 aliphatic rings. The molecule has 0 aliphatic carbocycles. The predicted octanol–water partition coefficient (Wildman–Crippen LogP) is 1.53. The summed E-state index contributed by atoms with van der Waals surface area (Å²) in [5.41, 5.74) is 0.637. The molecule has 0 amide bonds. The van der Waals surface area contributed by atoms with Crippen LogP contribution in [0.3, 0.4) is 0 Å². The Labute approximate surface area is 98.2 Å². The Balaban J connectivity index is 2.52. The number of aliphatic hydroxyl groups excluding tert-OH is 1. The van der Waals surface area contributed by atoms with Crippen LogP contribution in [0.25, 0.3) is 5.57 Å². The van der Waals surface area contributed by atoms with Crippen molar-refractivity contribution in [2.45, 2.75) is 0 Å². The molecule has 0 bridgehead atoms. The van der Waals surface area contributed by atoms with Gasteiger partial charge in [0.15, 0.2) is 0 Å². The van der Waals surface area contributed by atoms with Crippen molar-refractivity contribution >= 4 is 11.5 Å². The molecule has 0 atom stereocenters. The van der Waals surface area contributed by atoms with E-state index in [0.29, 0.717) is 17.1 Å². The number of benzene rings is 1. The van der Waals surface area contributed by atoms with E-state index in [0.717, 1.165) is 0 Å². The SMILES string of the molecule is COC(=O)C1=C(O)COc2cc(OC)ccc21. The van der Waals surface area contributed by atoms with E-state index in [-0.39, 0.29) is 17.9 Å². The van der Waals surface area contributed by atoms with Crippen LogP contribution in [0.15, 0.2) is 24.0 Å². The number of aliphatic hydroxyl groups is 1. The van der Waals surface area contributed by atoms with Crippen LogP contribution in [0.2, 0.25) is 0 Å². The van der Waals surface area contributed by atoms with Gasteiger partial charge in [-0.1, -0.05) is 0 Å². The van der Waals surface area contributed by atoms with Gasteiger partial charge >= 0.3 is 5.97 Å². The lowest BCUT2D eigenvalue weighted by atomic mass is 10.0. The first-order valence-electron chi connectivity index (χ1n) is 4.99. The molecule has 90 valence electrons. The van der Waals surface area contributed by atoms with Crippen LogP contribution >= 0.6 is 0 Å². The van der Waals surface area contributed by atoms with Crippen molar-refractivity contribution in [2.24, 2.45) is 0 Å². The van der Waals surface area contributed by atoms with Gasteiger partial charge in [0.05, 0.1) is 14.2 Å². The van der Waals surface area contributed by atoms with Gasteiger partial charge in [-0.05, 0) is 12.1 Å². The first kappa shape index (κ1) is 11.3. The fourth-order valence-corrected chi connectivity index (χ4v) is 1.66. The molecular formula is C12H12O5. The van der Waals surface area contributed by atoms with Crippen molar-refractivity contribution in [3.63, 3.8) is 0 Å².